The number of nitro groups is 1. The van der Waals surface area contributed by atoms with Crippen LogP contribution >= 0.6 is 11.3 Å². The van der Waals surface area contributed by atoms with Crippen molar-refractivity contribution in [1.82, 2.24) is 9.88 Å². The van der Waals surface area contributed by atoms with Gasteiger partial charge >= 0.3 is 0 Å². The predicted octanol–water partition coefficient (Wildman–Crippen LogP) is 3.57. The highest BCUT2D eigenvalue weighted by Crippen LogP contribution is 2.32. The molecule has 29 heavy (non-hydrogen) atoms. The number of hydrogen-bond donors (Lipinski definition) is 0. The second kappa shape index (κ2) is 8.04. The first-order chi connectivity index (χ1) is 14.0. The number of nitrogens with zero attached hydrogens (tertiary/aromatic N) is 4. The number of benzene rings is 2. The Bertz CT molecular complexity index is 1040. The number of carbonyl (C=O) groups is 1. The van der Waals surface area contributed by atoms with Gasteiger partial charge in [0, 0.05) is 43.9 Å². The molecule has 0 unspecified atom stereocenters. The van der Waals surface area contributed by atoms with E-state index in [1.54, 1.807) is 16.2 Å². The van der Waals surface area contributed by atoms with Crippen LogP contribution in [0.15, 0.2) is 42.5 Å². The maximum Gasteiger partial charge on any atom is 0.269 e. The molecule has 0 bridgehead atoms. The van der Waals surface area contributed by atoms with Crippen LogP contribution < -0.4 is 9.64 Å². The molecule has 0 spiro atoms. The molecule has 150 valence electrons. The Morgan fingerprint density at radius 1 is 1.17 bits per heavy atom. The van der Waals surface area contributed by atoms with Crippen molar-refractivity contribution in [3.8, 4) is 5.75 Å². The fraction of sp³-hybridized carbons (Fsp3) is 0.300. The number of nitro benzene ring substituents is 1. The van der Waals surface area contributed by atoms with Gasteiger partial charge in [-0.25, -0.2) is 4.98 Å². The van der Waals surface area contributed by atoms with Gasteiger partial charge in [0.05, 0.1) is 21.7 Å². The summed E-state index contributed by atoms with van der Waals surface area (Å²) in [5.74, 6) is 0.735. The molecule has 1 aliphatic heterocycles. The van der Waals surface area contributed by atoms with Crippen LogP contribution in [0.3, 0.4) is 0 Å². The first kappa shape index (κ1) is 19.1. The van der Waals surface area contributed by atoms with Crippen molar-refractivity contribution in [3.63, 3.8) is 0 Å². The number of carbonyl (C=O) groups excluding carboxylic acids is 1. The van der Waals surface area contributed by atoms with Crippen molar-refractivity contribution in [2.75, 3.05) is 37.7 Å². The minimum absolute atomic E-state index is 0.0188. The van der Waals surface area contributed by atoms with E-state index in [4.69, 9.17) is 9.72 Å². The number of non-ortho nitro benzene ring substituents is 1. The van der Waals surface area contributed by atoms with E-state index in [-0.39, 0.29) is 11.6 Å². The van der Waals surface area contributed by atoms with Crippen molar-refractivity contribution in [2.24, 2.45) is 0 Å². The highest BCUT2D eigenvalue weighted by Gasteiger charge is 2.24. The Labute approximate surface area is 171 Å². The first-order valence-electron chi connectivity index (χ1n) is 9.37. The molecular weight excluding hydrogens is 392 g/mol. The average Bonchev–Trinajstić information content (AvgIpc) is 3.17. The first-order valence-corrected chi connectivity index (χ1v) is 10.2. The van der Waals surface area contributed by atoms with E-state index in [0.717, 1.165) is 21.1 Å². The highest BCUT2D eigenvalue weighted by atomic mass is 32.1. The van der Waals surface area contributed by atoms with Gasteiger partial charge in [-0.15, -0.1) is 0 Å². The number of rotatable bonds is 5. The van der Waals surface area contributed by atoms with Crippen LogP contribution in [-0.2, 0) is 0 Å². The van der Waals surface area contributed by atoms with Crippen molar-refractivity contribution in [3.05, 3.63) is 58.1 Å². The number of fused-ring (bicyclic) bond motifs is 1. The summed E-state index contributed by atoms with van der Waals surface area (Å²) in [6.45, 7) is 5.13. The Kier molecular flexibility index (Phi) is 5.30. The maximum absolute atomic E-state index is 12.7. The van der Waals surface area contributed by atoms with Gasteiger partial charge in [-0.05, 0) is 37.3 Å². The van der Waals surface area contributed by atoms with Crippen LogP contribution in [0.4, 0.5) is 10.8 Å². The number of thiazole rings is 1. The van der Waals surface area contributed by atoms with Crippen molar-refractivity contribution in [2.45, 2.75) is 6.92 Å². The standard InChI is InChI=1S/C20H20N4O4S/c1-2-28-16-7-8-17-18(13-16)29-20(21-17)23-11-9-22(10-12-23)19(25)14-3-5-15(6-4-14)24(26)27/h3-8,13H,2,9-12H2,1H3. The highest BCUT2D eigenvalue weighted by molar-refractivity contribution is 7.22. The molecule has 1 amide bonds. The smallest absolute Gasteiger partial charge is 0.269 e. The molecule has 0 saturated carbocycles. The molecule has 8 nitrogen and oxygen atoms in total. The van der Waals surface area contributed by atoms with E-state index in [1.165, 1.54) is 24.3 Å². The molecule has 1 fully saturated rings. The van der Waals surface area contributed by atoms with Gasteiger partial charge in [-0.1, -0.05) is 11.3 Å². The number of amides is 1. The van der Waals surface area contributed by atoms with E-state index < -0.39 is 4.92 Å². The summed E-state index contributed by atoms with van der Waals surface area (Å²) in [4.78, 5) is 31.6. The van der Waals surface area contributed by atoms with Crippen LogP contribution in [0.5, 0.6) is 5.75 Å². The second-order valence-corrected chi connectivity index (χ2v) is 7.65. The van der Waals surface area contributed by atoms with Crippen LogP contribution in [-0.4, -0.2) is 53.5 Å². The SMILES string of the molecule is CCOc1ccc2nc(N3CCN(C(=O)c4ccc([N+](=O)[O-])cc4)CC3)sc2c1. The Balaban J connectivity index is 1.41. The molecule has 9 heteroatoms. The normalized spacial score (nSPS) is 14.2. The van der Waals surface area contributed by atoms with Gasteiger partial charge in [-0.3, -0.25) is 14.9 Å². The lowest BCUT2D eigenvalue weighted by Crippen LogP contribution is -2.48. The number of aromatic nitrogens is 1. The molecule has 0 atom stereocenters. The predicted molar refractivity (Wildman–Crippen MR) is 112 cm³/mol. The lowest BCUT2D eigenvalue weighted by atomic mass is 10.1. The van der Waals surface area contributed by atoms with Crippen LogP contribution in [0.2, 0.25) is 0 Å². The summed E-state index contributed by atoms with van der Waals surface area (Å²) in [5, 5.41) is 11.7. The minimum atomic E-state index is -0.470. The molecule has 1 aliphatic rings. The van der Waals surface area contributed by atoms with E-state index in [0.29, 0.717) is 38.3 Å². The zero-order valence-electron chi connectivity index (χ0n) is 15.9. The largest absolute Gasteiger partial charge is 0.494 e. The lowest BCUT2D eigenvalue weighted by Gasteiger charge is -2.34. The molecule has 3 aromatic rings. The van der Waals surface area contributed by atoms with E-state index in [2.05, 4.69) is 4.90 Å². The molecule has 1 aromatic heterocycles. The summed E-state index contributed by atoms with van der Waals surface area (Å²) in [6, 6.07) is 11.6. The third-order valence-corrected chi connectivity index (χ3v) is 5.90. The van der Waals surface area contributed by atoms with Crippen molar-refractivity contribution in [1.29, 1.82) is 0 Å². The van der Waals surface area contributed by atoms with Gasteiger partial charge in [0.1, 0.15) is 5.75 Å². The molecule has 2 aromatic carbocycles. The van der Waals surface area contributed by atoms with Gasteiger partial charge in [0.25, 0.3) is 11.6 Å². The zero-order chi connectivity index (χ0) is 20.4. The van der Waals surface area contributed by atoms with Crippen molar-refractivity contribution < 1.29 is 14.5 Å². The summed E-state index contributed by atoms with van der Waals surface area (Å²) in [7, 11) is 0. The fourth-order valence-electron chi connectivity index (χ4n) is 3.29. The van der Waals surface area contributed by atoms with Crippen LogP contribution in [0.25, 0.3) is 10.2 Å². The Hall–Kier alpha value is -3.20. The van der Waals surface area contributed by atoms with Gasteiger partial charge in [0.15, 0.2) is 5.13 Å². The summed E-state index contributed by atoms with van der Waals surface area (Å²) >= 11 is 1.62. The maximum atomic E-state index is 12.7. The summed E-state index contributed by atoms with van der Waals surface area (Å²) in [5.41, 5.74) is 1.39. The molecule has 0 aliphatic carbocycles. The third kappa shape index (κ3) is 4.00. The number of anilines is 1. The molecule has 4 rings (SSSR count). The molecule has 2 heterocycles. The number of piperazine rings is 1. The van der Waals surface area contributed by atoms with E-state index in [1.807, 2.05) is 25.1 Å². The number of ether oxygens (including phenoxy) is 1. The van der Waals surface area contributed by atoms with Crippen LogP contribution in [0.1, 0.15) is 17.3 Å². The fourth-order valence-corrected chi connectivity index (χ4v) is 4.34. The minimum Gasteiger partial charge on any atom is -0.494 e. The van der Waals surface area contributed by atoms with Gasteiger partial charge < -0.3 is 14.5 Å². The molecule has 0 N–H and O–H groups in total. The lowest BCUT2D eigenvalue weighted by molar-refractivity contribution is -0.384. The second-order valence-electron chi connectivity index (χ2n) is 6.64. The molecule has 1 saturated heterocycles. The summed E-state index contributed by atoms with van der Waals surface area (Å²) < 4.78 is 6.63. The molecular formula is C20H20N4O4S. The monoisotopic (exact) mass is 412 g/mol. The topological polar surface area (TPSA) is 88.8 Å². The van der Waals surface area contributed by atoms with Crippen molar-refractivity contribution >= 4 is 38.3 Å². The van der Waals surface area contributed by atoms with Gasteiger partial charge in [0.2, 0.25) is 0 Å². The quantitative estimate of drug-likeness (QED) is 0.470. The third-order valence-electron chi connectivity index (χ3n) is 4.82. The van der Waals surface area contributed by atoms with E-state index in [9.17, 15) is 14.9 Å². The van der Waals surface area contributed by atoms with Crippen LogP contribution in [0, 0.1) is 10.1 Å². The zero-order valence-corrected chi connectivity index (χ0v) is 16.7. The average molecular weight is 412 g/mol. The van der Waals surface area contributed by atoms with Gasteiger partial charge in [-0.2, -0.15) is 0 Å². The Morgan fingerprint density at radius 3 is 2.55 bits per heavy atom. The number of hydrogen-bond acceptors (Lipinski definition) is 7. The summed E-state index contributed by atoms with van der Waals surface area (Å²) in [6.07, 6.45) is 0. The van der Waals surface area contributed by atoms with E-state index >= 15 is 0 Å². The molecule has 0 radical (unpaired) electrons. The Morgan fingerprint density at radius 2 is 1.90 bits per heavy atom.